The van der Waals surface area contributed by atoms with Gasteiger partial charge >= 0.3 is 0 Å². The molecule has 4 fully saturated rings. The first-order valence-corrected chi connectivity index (χ1v) is 8.81. The van der Waals surface area contributed by atoms with Crippen LogP contribution in [0, 0.1) is 17.3 Å². The molecule has 0 saturated heterocycles. The van der Waals surface area contributed by atoms with E-state index in [9.17, 15) is 9.90 Å². The van der Waals surface area contributed by atoms with Crippen LogP contribution in [-0.2, 0) is 11.3 Å². The maximum atomic E-state index is 12.3. The molecule has 4 aliphatic carbocycles. The summed E-state index contributed by atoms with van der Waals surface area (Å²) in [5, 5.41) is 18.1. The van der Waals surface area contributed by atoms with Crippen molar-refractivity contribution in [3.8, 4) is 0 Å². The van der Waals surface area contributed by atoms with Gasteiger partial charge in [0.05, 0.1) is 12.1 Å². The van der Waals surface area contributed by atoms with Gasteiger partial charge in [0.2, 0.25) is 5.91 Å². The number of rotatable bonds is 5. The number of aromatic nitrogens is 3. The standard InChI is InChI=1S/C17H26N4O2/c1-12(20-15(22)2-3-21-11-18-10-19-21)16-5-13-4-14(6-16)8-17(23,7-13)9-16/h10-14,23H,2-9H2,1H3,(H,20,22)/t12-,13-,14-,16?,17?/m0/s1. The highest BCUT2D eigenvalue weighted by atomic mass is 16.3. The maximum Gasteiger partial charge on any atom is 0.222 e. The van der Waals surface area contributed by atoms with Crippen LogP contribution in [0.2, 0.25) is 0 Å². The van der Waals surface area contributed by atoms with E-state index < -0.39 is 5.60 Å². The van der Waals surface area contributed by atoms with Gasteiger partial charge in [-0.15, -0.1) is 0 Å². The predicted octanol–water partition coefficient (Wildman–Crippen LogP) is 1.50. The highest BCUT2D eigenvalue weighted by molar-refractivity contribution is 5.76. The molecule has 0 spiro atoms. The van der Waals surface area contributed by atoms with Gasteiger partial charge in [0, 0.05) is 12.5 Å². The molecule has 23 heavy (non-hydrogen) atoms. The van der Waals surface area contributed by atoms with Crippen molar-refractivity contribution >= 4 is 5.91 Å². The number of aryl methyl sites for hydroxylation is 1. The van der Waals surface area contributed by atoms with E-state index in [1.54, 1.807) is 11.0 Å². The Balaban J connectivity index is 1.38. The van der Waals surface area contributed by atoms with Gasteiger partial charge in [-0.05, 0) is 62.7 Å². The van der Waals surface area contributed by atoms with Crippen LogP contribution < -0.4 is 5.32 Å². The molecule has 4 saturated carbocycles. The third-order valence-electron chi connectivity index (χ3n) is 6.41. The van der Waals surface area contributed by atoms with Crippen molar-refractivity contribution in [2.75, 3.05) is 0 Å². The minimum atomic E-state index is -0.468. The number of aliphatic hydroxyl groups is 1. The Bertz CT molecular complexity index is 571. The van der Waals surface area contributed by atoms with Gasteiger partial charge in [0.1, 0.15) is 12.7 Å². The second kappa shape index (κ2) is 5.30. The van der Waals surface area contributed by atoms with Crippen molar-refractivity contribution in [2.24, 2.45) is 17.3 Å². The number of nitrogens with one attached hydrogen (secondary N) is 1. The van der Waals surface area contributed by atoms with Crippen LogP contribution in [0.1, 0.15) is 51.9 Å². The molecule has 0 aromatic carbocycles. The van der Waals surface area contributed by atoms with Crippen LogP contribution in [-0.4, -0.2) is 37.4 Å². The van der Waals surface area contributed by atoms with E-state index in [0.717, 1.165) is 32.1 Å². The molecule has 1 aromatic rings. The number of amides is 1. The molecule has 1 aromatic heterocycles. The summed E-state index contributed by atoms with van der Waals surface area (Å²) in [4.78, 5) is 16.2. The van der Waals surface area contributed by atoms with E-state index in [4.69, 9.17) is 0 Å². The fourth-order valence-corrected chi connectivity index (χ4v) is 5.82. The number of carbonyl (C=O) groups excluding carboxylic acids is 1. The zero-order chi connectivity index (χ0) is 16.1. The number of nitrogens with zero attached hydrogens (tertiary/aromatic N) is 3. The molecule has 6 nitrogen and oxygen atoms in total. The highest BCUT2D eigenvalue weighted by Gasteiger charge is 2.58. The Morgan fingerprint density at radius 1 is 1.39 bits per heavy atom. The summed E-state index contributed by atoms with van der Waals surface area (Å²) in [6.45, 7) is 2.69. The highest BCUT2D eigenvalue weighted by Crippen LogP contribution is 2.62. The van der Waals surface area contributed by atoms with Crippen LogP contribution in [0.3, 0.4) is 0 Å². The Morgan fingerprint density at radius 3 is 2.74 bits per heavy atom. The van der Waals surface area contributed by atoms with Crippen molar-refractivity contribution in [1.29, 1.82) is 0 Å². The molecule has 2 N–H and O–H groups in total. The number of hydrogen-bond donors (Lipinski definition) is 2. The monoisotopic (exact) mass is 318 g/mol. The van der Waals surface area contributed by atoms with Crippen LogP contribution in [0.15, 0.2) is 12.7 Å². The normalized spacial score (nSPS) is 39.4. The van der Waals surface area contributed by atoms with Gasteiger partial charge in [0.15, 0.2) is 0 Å². The molecule has 4 aliphatic rings. The van der Waals surface area contributed by atoms with Crippen LogP contribution in [0.25, 0.3) is 0 Å². The average Bonchev–Trinajstić information content (AvgIpc) is 2.95. The lowest BCUT2D eigenvalue weighted by molar-refractivity contribution is -0.173. The summed E-state index contributed by atoms with van der Waals surface area (Å²) in [6, 6.07) is 0.128. The Labute approximate surface area is 136 Å². The van der Waals surface area contributed by atoms with Gasteiger partial charge in [-0.1, -0.05) is 0 Å². The van der Waals surface area contributed by atoms with E-state index in [-0.39, 0.29) is 17.4 Å². The molecule has 0 aliphatic heterocycles. The summed E-state index contributed by atoms with van der Waals surface area (Å²) < 4.78 is 1.68. The fraction of sp³-hybridized carbons (Fsp3) is 0.824. The van der Waals surface area contributed by atoms with E-state index in [2.05, 4.69) is 22.3 Å². The zero-order valence-electron chi connectivity index (χ0n) is 13.7. The molecule has 0 unspecified atom stereocenters. The lowest BCUT2D eigenvalue weighted by Crippen LogP contribution is -2.61. The first kappa shape index (κ1) is 15.1. The number of carbonyl (C=O) groups is 1. The first-order chi connectivity index (χ1) is 11.0. The summed E-state index contributed by atoms with van der Waals surface area (Å²) in [5.41, 5.74) is -0.369. The van der Waals surface area contributed by atoms with Crippen molar-refractivity contribution in [3.05, 3.63) is 12.7 Å². The van der Waals surface area contributed by atoms with E-state index >= 15 is 0 Å². The minimum absolute atomic E-state index is 0.0655. The Hall–Kier alpha value is -1.43. The quantitative estimate of drug-likeness (QED) is 0.862. The molecule has 5 rings (SSSR count). The van der Waals surface area contributed by atoms with Gasteiger partial charge < -0.3 is 10.4 Å². The Morgan fingerprint density at radius 2 is 2.13 bits per heavy atom. The lowest BCUT2D eigenvalue weighted by Gasteiger charge is -2.62. The summed E-state index contributed by atoms with van der Waals surface area (Å²) in [7, 11) is 0. The van der Waals surface area contributed by atoms with Gasteiger partial charge in [-0.25, -0.2) is 4.98 Å². The lowest BCUT2D eigenvalue weighted by atomic mass is 9.46. The summed E-state index contributed by atoms with van der Waals surface area (Å²) >= 11 is 0. The van der Waals surface area contributed by atoms with Gasteiger partial charge in [-0.3, -0.25) is 9.48 Å². The van der Waals surface area contributed by atoms with Crippen molar-refractivity contribution in [2.45, 2.75) is 70.1 Å². The minimum Gasteiger partial charge on any atom is -0.390 e. The Kier molecular flexibility index (Phi) is 3.48. The zero-order valence-corrected chi connectivity index (χ0v) is 13.7. The third kappa shape index (κ3) is 2.77. The van der Waals surface area contributed by atoms with E-state index in [1.807, 2.05) is 0 Å². The molecule has 1 heterocycles. The fourth-order valence-electron chi connectivity index (χ4n) is 5.82. The smallest absolute Gasteiger partial charge is 0.222 e. The van der Waals surface area contributed by atoms with Crippen molar-refractivity contribution in [1.82, 2.24) is 20.1 Å². The molecule has 126 valence electrons. The van der Waals surface area contributed by atoms with Crippen LogP contribution >= 0.6 is 0 Å². The molecule has 6 heteroatoms. The van der Waals surface area contributed by atoms with Crippen LogP contribution in [0.5, 0.6) is 0 Å². The molecule has 1 amide bonds. The first-order valence-electron chi connectivity index (χ1n) is 8.81. The second-order valence-electron chi connectivity index (χ2n) is 8.25. The molecular weight excluding hydrogens is 292 g/mol. The molecule has 3 atom stereocenters. The largest absolute Gasteiger partial charge is 0.390 e. The molecule has 0 radical (unpaired) electrons. The predicted molar refractivity (Wildman–Crippen MR) is 84.3 cm³/mol. The third-order valence-corrected chi connectivity index (χ3v) is 6.41. The van der Waals surface area contributed by atoms with Gasteiger partial charge in [0.25, 0.3) is 0 Å². The maximum absolute atomic E-state index is 12.3. The summed E-state index contributed by atoms with van der Waals surface area (Å²) in [6.07, 6.45) is 9.93. The average molecular weight is 318 g/mol. The SMILES string of the molecule is C[C@H](NC(=O)CCn1cncn1)C12C[C@@H]3C[C@H](CC(O)(C3)C1)C2. The van der Waals surface area contributed by atoms with Crippen molar-refractivity contribution in [3.63, 3.8) is 0 Å². The van der Waals surface area contributed by atoms with E-state index in [1.165, 1.54) is 12.7 Å². The topological polar surface area (TPSA) is 80.0 Å². The second-order valence-corrected chi connectivity index (χ2v) is 8.25. The number of hydrogen-bond acceptors (Lipinski definition) is 4. The molecule has 4 bridgehead atoms. The van der Waals surface area contributed by atoms with Gasteiger partial charge in [-0.2, -0.15) is 5.10 Å². The van der Waals surface area contributed by atoms with E-state index in [0.29, 0.717) is 24.8 Å². The van der Waals surface area contributed by atoms with Crippen molar-refractivity contribution < 1.29 is 9.90 Å². The molecular formula is C17H26N4O2. The van der Waals surface area contributed by atoms with Crippen LogP contribution in [0.4, 0.5) is 0 Å². The summed E-state index contributed by atoms with van der Waals surface area (Å²) in [5.74, 6) is 1.36.